The molecular formula is C22H16N2O4. The van der Waals surface area contributed by atoms with E-state index in [1.54, 1.807) is 18.3 Å². The number of amides is 1. The average molecular weight is 372 g/mol. The minimum absolute atomic E-state index is 0.288. The number of benzene rings is 1. The van der Waals surface area contributed by atoms with Gasteiger partial charge in [0.05, 0.1) is 19.8 Å². The number of methoxy groups -OCH3 is 2. The minimum atomic E-state index is -0.333. The summed E-state index contributed by atoms with van der Waals surface area (Å²) in [6, 6.07) is 13.1. The SMILES string of the molecule is COC1=C=C=C(C(=O)Nc2cccc(-c3cc4cccnc4o3)c2)C=C1OC. The van der Waals surface area contributed by atoms with Gasteiger partial charge in [0.25, 0.3) is 5.91 Å². The molecule has 0 atom stereocenters. The van der Waals surface area contributed by atoms with E-state index >= 15 is 0 Å². The molecule has 0 unspecified atom stereocenters. The summed E-state index contributed by atoms with van der Waals surface area (Å²) in [6.45, 7) is 0. The topological polar surface area (TPSA) is 73.6 Å². The third-order valence-corrected chi connectivity index (χ3v) is 4.18. The lowest BCUT2D eigenvalue weighted by molar-refractivity contribution is -0.112. The number of fused-ring (bicyclic) bond motifs is 1. The monoisotopic (exact) mass is 372 g/mol. The van der Waals surface area contributed by atoms with E-state index in [2.05, 4.69) is 21.8 Å². The van der Waals surface area contributed by atoms with E-state index in [4.69, 9.17) is 13.9 Å². The van der Waals surface area contributed by atoms with Crippen LogP contribution in [-0.2, 0) is 14.3 Å². The Kier molecular flexibility index (Phi) is 4.56. The lowest BCUT2D eigenvalue weighted by Crippen LogP contribution is -2.14. The molecular weight excluding hydrogens is 356 g/mol. The molecule has 0 saturated heterocycles. The third-order valence-electron chi connectivity index (χ3n) is 4.18. The molecule has 4 rings (SSSR count). The molecule has 2 heterocycles. The molecule has 0 fully saturated rings. The maximum atomic E-state index is 12.6. The van der Waals surface area contributed by atoms with Gasteiger partial charge in [0, 0.05) is 28.9 Å². The van der Waals surface area contributed by atoms with Gasteiger partial charge < -0.3 is 19.2 Å². The van der Waals surface area contributed by atoms with Crippen LogP contribution in [0.3, 0.4) is 0 Å². The van der Waals surface area contributed by atoms with Crippen molar-refractivity contribution in [2.24, 2.45) is 0 Å². The zero-order valence-electron chi connectivity index (χ0n) is 15.3. The van der Waals surface area contributed by atoms with E-state index in [0.29, 0.717) is 28.7 Å². The van der Waals surface area contributed by atoms with Gasteiger partial charge in [-0.05, 0) is 36.1 Å². The van der Waals surface area contributed by atoms with E-state index in [1.165, 1.54) is 14.2 Å². The summed E-state index contributed by atoms with van der Waals surface area (Å²) in [4.78, 5) is 16.8. The number of pyridine rings is 1. The van der Waals surface area contributed by atoms with Crippen LogP contribution in [-0.4, -0.2) is 25.1 Å². The number of furan rings is 1. The quantitative estimate of drug-likeness (QED) is 0.680. The zero-order chi connectivity index (χ0) is 19.5. The molecule has 0 saturated carbocycles. The van der Waals surface area contributed by atoms with Crippen molar-refractivity contribution in [3.05, 3.63) is 83.3 Å². The Morgan fingerprint density at radius 2 is 2.00 bits per heavy atom. The Labute approximate surface area is 161 Å². The Morgan fingerprint density at radius 1 is 1.11 bits per heavy atom. The molecule has 138 valence electrons. The molecule has 1 N–H and O–H groups in total. The fraction of sp³-hybridized carbons (Fsp3) is 0.0909. The molecule has 0 radical (unpaired) electrons. The second-order valence-corrected chi connectivity index (χ2v) is 5.95. The highest BCUT2D eigenvalue weighted by molar-refractivity contribution is 6.06. The minimum Gasteiger partial charge on any atom is -0.492 e. The molecule has 0 spiro atoms. The van der Waals surface area contributed by atoms with Crippen molar-refractivity contribution in [3.63, 3.8) is 0 Å². The van der Waals surface area contributed by atoms with Crippen LogP contribution in [0.4, 0.5) is 5.69 Å². The van der Waals surface area contributed by atoms with Gasteiger partial charge in [-0.25, -0.2) is 4.98 Å². The van der Waals surface area contributed by atoms with Crippen molar-refractivity contribution >= 4 is 22.7 Å². The fourth-order valence-corrected chi connectivity index (χ4v) is 2.81. The first-order valence-corrected chi connectivity index (χ1v) is 8.50. The number of nitrogens with one attached hydrogen (secondary N) is 1. The average Bonchev–Trinajstić information content (AvgIpc) is 3.17. The summed E-state index contributed by atoms with van der Waals surface area (Å²) in [5.74, 6) is 1.14. The summed E-state index contributed by atoms with van der Waals surface area (Å²) in [7, 11) is 3.00. The summed E-state index contributed by atoms with van der Waals surface area (Å²) in [5, 5.41) is 3.77. The number of aromatic nitrogens is 1. The highest BCUT2D eigenvalue weighted by Crippen LogP contribution is 2.28. The number of carbonyl (C=O) groups excluding carboxylic acids is 1. The van der Waals surface area contributed by atoms with Crippen molar-refractivity contribution in [1.82, 2.24) is 4.98 Å². The van der Waals surface area contributed by atoms with Gasteiger partial charge in [-0.2, -0.15) is 0 Å². The number of anilines is 1. The van der Waals surface area contributed by atoms with Gasteiger partial charge in [0.15, 0.2) is 5.76 Å². The van der Waals surface area contributed by atoms with Crippen LogP contribution in [0, 0.1) is 0 Å². The van der Waals surface area contributed by atoms with Crippen molar-refractivity contribution in [2.75, 3.05) is 19.5 Å². The first-order chi connectivity index (χ1) is 13.7. The van der Waals surface area contributed by atoms with Crippen LogP contribution in [0.25, 0.3) is 22.4 Å². The van der Waals surface area contributed by atoms with Crippen molar-refractivity contribution in [1.29, 1.82) is 0 Å². The third kappa shape index (κ3) is 3.33. The van der Waals surface area contributed by atoms with Crippen LogP contribution >= 0.6 is 0 Å². The van der Waals surface area contributed by atoms with Gasteiger partial charge in [-0.15, -0.1) is 0 Å². The summed E-state index contributed by atoms with van der Waals surface area (Å²) in [6.07, 6.45) is 3.24. The number of carbonyl (C=O) groups is 1. The van der Waals surface area contributed by atoms with Crippen molar-refractivity contribution in [3.8, 4) is 11.3 Å². The molecule has 1 amide bonds. The second kappa shape index (κ2) is 7.33. The molecule has 2 aromatic heterocycles. The Bertz CT molecular complexity index is 1170. The molecule has 28 heavy (non-hydrogen) atoms. The number of rotatable bonds is 5. The van der Waals surface area contributed by atoms with Crippen LogP contribution in [0.2, 0.25) is 0 Å². The van der Waals surface area contributed by atoms with Crippen LogP contribution in [0.1, 0.15) is 0 Å². The van der Waals surface area contributed by atoms with Gasteiger partial charge in [-0.1, -0.05) is 17.9 Å². The second-order valence-electron chi connectivity index (χ2n) is 5.95. The number of nitrogens with zero attached hydrogens (tertiary/aromatic N) is 1. The Morgan fingerprint density at radius 3 is 2.79 bits per heavy atom. The molecule has 1 aromatic carbocycles. The Hall–Kier alpha value is -3.98. The lowest BCUT2D eigenvalue weighted by Gasteiger charge is -2.11. The van der Waals surface area contributed by atoms with E-state index in [9.17, 15) is 4.79 Å². The molecule has 1 aliphatic rings. The molecule has 1 aliphatic carbocycles. The van der Waals surface area contributed by atoms with Crippen LogP contribution in [0.15, 0.2) is 87.7 Å². The van der Waals surface area contributed by atoms with Crippen molar-refractivity contribution < 1.29 is 18.7 Å². The fourth-order valence-electron chi connectivity index (χ4n) is 2.81. The molecule has 0 aliphatic heterocycles. The standard InChI is InChI=1S/C22H16N2O4/c1-26-18-9-8-15(12-20(18)27-2)21(25)24-17-7-3-5-14(11-17)19-13-16-6-4-10-23-22(16)28-19/h3-7,10-13H,1-2H3,(H,24,25). The normalized spacial score (nSPS) is 12.9. The molecule has 3 aromatic rings. The predicted molar refractivity (Wildman–Crippen MR) is 104 cm³/mol. The Balaban J connectivity index is 1.60. The summed E-state index contributed by atoms with van der Waals surface area (Å²) < 4.78 is 16.1. The van der Waals surface area contributed by atoms with Gasteiger partial charge >= 0.3 is 0 Å². The van der Waals surface area contributed by atoms with Gasteiger partial charge in [0.2, 0.25) is 11.5 Å². The highest BCUT2D eigenvalue weighted by atomic mass is 16.5. The summed E-state index contributed by atoms with van der Waals surface area (Å²) >= 11 is 0. The van der Waals surface area contributed by atoms with Crippen LogP contribution < -0.4 is 5.32 Å². The largest absolute Gasteiger partial charge is 0.492 e. The molecule has 6 nitrogen and oxygen atoms in total. The van der Waals surface area contributed by atoms with E-state index < -0.39 is 0 Å². The number of hydrogen-bond acceptors (Lipinski definition) is 5. The maximum Gasteiger partial charge on any atom is 0.264 e. The van der Waals surface area contributed by atoms with E-state index in [1.807, 2.05) is 36.4 Å². The predicted octanol–water partition coefficient (Wildman–Crippen LogP) is 4.19. The molecule has 0 bridgehead atoms. The highest BCUT2D eigenvalue weighted by Gasteiger charge is 2.16. The van der Waals surface area contributed by atoms with Crippen molar-refractivity contribution in [2.45, 2.75) is 0 Å². The smallest absolute Gasteiger partial charge is 0.264 e. The maximum absolute atomic E-state index is 12.6. The van der Waals surface area contributed by atoms with E-state index in [0.717, 1.165) is 10.9 Å². The summed E-state index contributed by atoms with van der Waals surface area (Å²) in [5.41, 5.74) is 7.86. The first-order valence-electron chi connectivity index (χ1n) is 8.50. The van der Waals surface area contributed by atoms with Gasteiger partial charge in [0.1, 0.15) is 5.76 Å². The lowest BCUT2D eigenvalue weighted by atomic mass is 10.1. The van der Waals surface area contributed by atoms with E-state index in [-0.39, 0.29) is 11.5 Å². The number of hydrogen-bond donors (Lipinski definition) is 1. The zero-order valence-corrected chi connectivity index (χ0v) is 15.3. The molecule has 6 heteroatoms. The van der Waals surface area contributed by atoms with Crippen LogP contribution in [0.5, 0.6) is 0 Å². The number of ether oxygens (including phenoxy) is 2. The van der Waals surface area contributed by atoms with Gasteiger partial charge in [-0.3, -0.25) is 4.79 Å². The first kappa shape index (κ1) is 17.4.